The van der Waals surface area contributed by atoms with Gasteiger partial charge in [-0.05, 0) is 55.7 Å². The molecule has 6 nitrogen and oxygen atoms in total. The highest BCUT2D eigenvalue weighted by Gasteiger charge is 2.27. The first-order valence-electron chi connectivity index (χ1n) is 8.87. The number of halogens is 3. The van der Waals surface area contributed by atoms with Gasteiger partial charge in [0.1, 0.15) is 10.9 Å². The van der Waals surface area contributed by atoms with Gasteiger partial charge in [0.05, 0.1) is 11.6 Å². The largest absolute Gasteiger partial charge is 0.491 e. The van der Waals surface area contributed by atoms with Crippen LogP contribution in [0.25, 0.3) is 0 Å². The molecule has 0 radical (unpaired) electrons. The van der Waals surface area contributed by atoms with Crippen LogP contribution in [0.15, 0.2) is 41.3 Å². The van der Waals surface area contributed by atoms with Crippen LogP contribution < -0.4 is 14.8 Å². The molecule has 30 heavy (non-hydrogen) atoms. The highest BCUT2D eigenvalue weighted by molar-refractivity contribution is 7.98. The highest BCUT2D eigenvalue weighted by atomic mass is 35.5. The summed E-state index contributed by atoms with van der Waals surface area (Å²) in [5.74, 6) is -0.691. The van der Waals surface area contributed by atoms with Crippen LogP contribution in [0.5, 0.6) is 5.75 Å². The van der Waals surface area contributed by atoms with Gasteiger partial charge in [-0.2, -0.15) is 16.5 Å². The predicted molar refractivity (Wildman–Crippen MR) is 120 cm³/mol. The van der Waals surface area contributed by atoms with Crippen LogP contribution in [-0.4, -0.2) is 39.0 Å². The second-order valence-electron chi connectivity index (χ2n) is 6.10. The number of nitrogens with one attached hydrogen (secondary N) is 2. The van der Waals surface area contributed by atoms with Crippen LogP contribution in [0.2, 0.25) is 10.0 Å². The molecule has 0 aromatic heterocycles. The number of hydrogen-bond donors (Lipinski definition) is 2. The van der Waals surface area contributed by atoms with Crippen molar-refractivity contribution in [1.29, 1.82) is 0 Å². The number of thioether (sulfide) groups is 1. The lowest BCUT2D eigenvalue weighted by Gasteiger charge is -2.19. The van der Waals surface area contributed by atoms with E-state index in [2.05, 4.69) is 10.0 Å². The maximum atomic E-state index is 14.0. The van der Waals surface area contributed by atoms with E-state index in [1.807, 2.05) is 6.26 Å². The molecule has 1 amide bonds. The number of carbonyl (C=O) groups excluding carboxylic acids is 1. The molecule has 0 aliphatic carbocycles. The van der Waals surface area contributed by atoms with Crippen molar-refractivity contribution in [3.63, 3.8) is 0 Å². The lowest BCUT2D eigenvalue weighted by atomic mass is 10.2. The Labute approximate surface area is 189 Å². The van der Waals surface area contributed by atoms with Crippen molar-refractivity contribution < 1.29 is 22.3 Å². The lowest BCUT2D eigenvalue weighted by Crippen LogP contribution is -2.44. The maximum Gasteiger partial charge on any atom is 0.242 e. The predicted octanol–water partition coefficient (Wildman–Crippen LogP) is 4.57. The molecule has 0 aliphatic heterocycles. The molecular formula is C19H21Cl2FN2O4S2. The highest BCUT2D eigenvalue weighted by Crippen LogP contribution is 2.26. The van der Waals surface area contributed by atoms with E-state index in [4.69, 9.17) is 27.9 Å². The van der Waals surface area contributed by atoms with Crippen LogP contribution in [0.4, 0.5) is 10.1 Å². The number of hydrogen-bond acceptors (Lipinski definition) is 5. The zero-order valence-corrected chi connectivity index (χ0v) is 19.4. The molecule has 2 aromatic carbocycles. The molecule has 1 atom stereocenters. The number of carbonyl (C=O) groups is 1. The lowest BCUT2D eigenvalue weighted by molar-refractivity contribution is -0.117. The van der Waals surface area contributed by atoms with Crippen LogP contribution in [0.3, 0.4) is 0 Å². The molecule has 0 bridgehead atoms. The molecule has 0 aliphatic rings. The fourth-order valence-electron chi connectivity index (χ4n) is 2.49. The summed E-state index contributed by atoms with van der Waals surface area (Å²) in [5.41, 5.74) is 0.176. The van der Waals surface area contributed by atoms with Gasteiger partial charge in [0.15, 0.2) is 11.6 Å². The number of amides is 1. The summed E-state index contributed by atoms with van der Waals surface area (Å²) in [6.07, 6.45) is 2.04. The number of ether oxygens (including phenoxy) is 1. The Morgan fingerprint density at radius 3 is 2.60 bits per heavy atom. The SMILES string of the molecule is CCOc1ccc(NC(=O)C(CCSC)NS(=O)(=O)c2cc(Cl)ccc2Cl)cc1F. The minimum Gasteiger partial charge on any atom is -0.491 e. The minimum atomic E-state index is -4.13. The Kier molecular flexibility index (Phi) is 9.24. The van der Waals surface area contributed by atoms with E-state index in [-0.39, 0.29) is 32.8 Å². The molecule has 0 spiro atoms. The summed E-state index contributed by atoms with van der Waals surface area (Å²) in [6.45, 7) is 2.02. The average molecular weight is 495 g/mol. The van der Waals surface area contributed by atoms with Crippen molar-refractivity contribution in [2.24, 2.45) is 0 Å². The van der Waals surface area contributed by atoms with Crippen molar-refractivity contribution in [2.45, 2.75) is 24.3 Å². The zero-order valence-electron chi connectivity index (χ0n) is 16.2. The summed E-state index contributed by atoms with van der Waals surface area (Å²) in [6, 6.07) is 6.89. The van der Waals surface area contributed by atoms with Gasteiger partial charge in [0, 0.05) is 16.8 Å². The van der Waals surface area contributed by atoms with E-state index < -0.39 is 27.8 Å². The van der Waals surface area contributed by atoms with E-state index in [0.29, 0.717) is 12.4 Å². The van der Waals surface area contributed by atoms with Crippen molar-refractivity contribution in [3.8, 4) is 5.75 Å². The fourth-order valence-corrected chi connectivity index (χ4v) is 4.96. The summed E-state index contributed by atoms with van der Waals surface area (Å²) in [4.78, 5) is 12.5. The van der Waals surface area contributed by atoms with Crippen molar-refractivity contribution >= 4 is 56.6 Å². The van der Waals surface area contributed by atoms with Gasteiger partial charge in [-0.1, -0.05) is 23.2 Å². The molecule has 2 N–H and O–H groups in total. The number of rotatable bonds is 10. The summed E-state index contributed by atoms with van der Waals surface area (Å²) in [7, 11) is -4.13. The van der Waals surface area contributed by atoms with Gasteiger partial charge in [0.2, 0.25) is 15.9 Å². The first kappa shape index (κ1) is 24.7. The van der Waals surface area contributed by atoms with E-state index in [9.17, 15) is 17.6 Å². The Hall–Kier alpha value is -1.52. The average Bonchev–Trinajstić information content (AvgIpc) is 2.69. The van der Waals surface area contributed by atoms with Crippen LogP contribution >= 0.6 is 35.0 Å². The molecule has 11 heteroatoms. The quantitative estimate of drug-likeness (QED) is 0.505. The molecule has 2 rings (SSSR count). The fraction of sp³-hybridized carbons (Fsp3) is 0.316. The number of anilines is 1. The first-order chi connectivity index (χ1) is 14.2. The first-order valence-corrected chi connectivity index (χ1v) is 12.5. The molecule has 0 fully saturated rings. The molecule has 0 saturated carbocycles. The van der Waals surface area contributed by atoms with Crippen molar-refractivity contribution in [3.05, 3.63) is 52.3 Å². The molecule has 0 heterocycles. The van der Waals surface area contributed by atoms with Crippen LogP contribution in [-0.2, 0) is 14.8 Å². The monoisotopic (exact) mass is 494 g/mol. The normalized spacial score (nSPS) is 12.4. The van der Waals surface area contributed by atoms with Gasteiger partial charge < -0.3 is 10.1 Å². The maximum absolute atomic E-state index is 14.0. The van der Waals surface area contributed by atoms with E-state index >= 15 is 0 Å². The zero-order chi connectivity index (χ0) is 22.3. The van der Waals surface area contributed by atoms with Gasteiger partial charge in [-0.25, -0.2) is 12.8 Å². The summed E-state index contributed by atoms with van der Waals surface area (Å²) < 4.78 is 47.1. The van der Waals surface area contributed by atoms with E-state index in [1.165, 1.54) is 42.1 Å². The van der Waals surface area contributed by atoms with Crippen molar-refractivity contribution in [1.82, 2.24) is 4.72 Å². The Morgan fingerprint density at radius 1 is 1.23 bits per heavy atom. The molecular weight excluding hydrogens is 474 g/mol. The second kappa shape index (κ2) is 11.2. The van der Waals surface area contributed by atoms with Crippen LogP contribution in [0.1, 0.15) is 13.3 Å². The third-order valence-electron chi connectivity index (χ3n) is 3.91. The Bertz CT molecular complexity index is 1010. The number of sulfonamides is 1. The van der Waals surface area contributed by atoms with Crippen molar-refractivity contribution in [2.75, 3.05) is 23.9 Å². The molecule has 164 valence electrons. The van der Waals surface area contributed by atoms with E-state index in [0.717, 1.165) is 6.07 Å². The Balaban J connectivity index is 2.23. The standard InChI is InChI=1S/C19H21Cl2FN2O4S2/c1-3-28-17-7-5-13(11-15(17)22)23-19(25)16(8-9-29-2)24-30(26,27)18-10-12(20)4-6-14(18)21/h4-7,10-11,16,24H,3,8-9H2,1-2H3,(H,23,25). The van der Waals surface area contributed by atoms with Gasteiger partial charge >= 0.3 is 0 Å². The van der Waals surface area contributed by atoms with E-state index in [1.54, 1.807) is 6.92 Å². The van der Waals surface area contributed by atoms with Gasteiger partial charge in [-0.3, -0.25) is 4.79 Å². The third kappa shape index (κ3) is 6.75. The minimum absolute atomic E-state index is 0.0236. The second-order valence-corrected chi connectivity index (χ2v) is 9.61. The molecule has 1 unspecified atom stereocenters. The summed E-state index contributed by atoms with van der Waals surface area (Å²) >= 11 is 13.3. The van der Waals surface area contributed by atoms with Gasteiger partial charge in [0.25, 0.3) is 0 Å². The molecule has 0 saturated heterocycles. The third-order valence-corrected chi connectivity index (χ3v) is 6.74. The van der Waals surface area contributed by atoms with Crippen LogP contribution in [0, 0.1) is 5.82 Å². The Morgan fingerprint density at radius 2 is 1.97 bits per heavy atom. The molecule has 2 aromatic rings. The number of benzene rings is 2. The summed E-state index contributed by atoms with van der Waals surface area (Å²) in [5, 5.41) is 2.70. The smallest absolute Gasteiger partial charge is 0.242 e. The van der Waals surface area contributed by atoms with Gasteiger partial charge in [-0.15, -0.1) is 0 Å². The topological polar surface area (TPSA) is 84.5 Å².